The van der Waals surface area contributed by atoms with E-state index in [-0.39, 0.29) is 64.9 Å². The van der Waals surface area contributed by atoms with Crippen molar-refractivity contribution in [2.45, 2.75) is 104 Å². The molecule has 2 saturated carbocycles. The smallest absolute Gasteiger partial charge is 0.246 e. The number of carbonyl (C=O) groups is 5. The predicted octanol–water partition coefficient (Wildman–Crippen LogP) is 2.74. The molecule has 2 saturated heterocycles. The first-order chi connectivity index (χ1) is 18.8. The minimum absolute atomic E-state index is 0.0285. The molecule has 4 fully saturated rings. The molecule has 0 spiro atoms. The normalized spacial score (nSPS) is 29.4. The first-order valence-corrected chi connectivity index (χ1v) is 15.1. The van der Waals surface area contributed by atoms with Gasteiger partial charge in [0, 0.05) is 24.4 Å². The minimum atomic E-state index is -0.883. The maximum Gasteiger partial charge on any atom is 0.246 e. The van der Waals surface area contributed by atoms with E-state index < -0.39 is 23.5 Å². The fraction of sp³-hybridized carbons (Fsp3) is 0.774. The number of rotatable bonds is 9. The van der Waals surface area contributed by atoms with Crippen molar-refractivity contribution in [2.75, 3.05) is 13.1 Å². The third-order valence-electron chi connectivity index (χ3n) is 9.90. The summed E-state index contributed by atoms with van der Waals surface area (Å²) in [4.78, 5) is 68.1. The molecule has 0 unspecified atom stereocenters. The van der Waals surface area contributed by atoms with Gasteiger partial charge in [-0.3, -0.25) is 24.0 Å². The van der Waals surface area contributed by atoms with Crippen LogP contribution >= 0.6 is 0 Å². The number of hydrogen-bond acceptors (Lipinski definition) is 5. The van der Waals surface area contributed by atoms with E-state index in [1.165, 1.54) is 6.08 Å². The summed E-state index contributed by atoms with van der Waals surface area (Å²) in [7, 11) is 0. The van der Waals surface area contributed by atoms with Crippen LogP contribution in [-0.2, 0) is 24.0 Å². The van der Waals surface area contributed by atoms with Gasteiger partial charge in [0.05, 0.1) is 6.04 Å². The molecule has 2 heterocycles. The molecular weight excluding hydrogens is 508 g/mol. The Labute approximate surface area is 238 Å². The van der Waals surface area contributed by atoms with Crippen molar-refractivity contribution in [1.29, 1.82) is 0 Å². The quantitative estimate of drug-likeness (QED) is 0.377. The average molecular weight is 557 g/mol. The third kappa shape index (κ3) is 6.13. The molecule has 0 bridgehead atoms. The van der Waals surface area contributed by atoms with Gasteiger partial charge in [0.1, 0.15) is 12.1 Å². The molecule has 2 aliphatic carbocycles. The standard InChI is InChI=1S/C31H48N4O5/c1-7-22(36)21(16-19-14-11-15-32-26(19)37)33-27(38)25-23-20(31(23,5)6)17-35(25)28(39)24(18-12-9-8-10-13-18)34-29(40)30(2,3)4/h7,18-21,23-25H,1,8-17H2,2-6H3,(H,32,37)(H,33,38)(H,34,40)/t19-,20-,21-,23-,24-,25-/m0/s1. The van der Waals surface area contributed by atoms with Gasteiger partial charge < -0.3 is 20.9 Å². The van der Waals surface area contributed by atoms with Crippen LogP contribution in [-0.4, -0.2) is 65.5 Å². The second kappa shape index (κ2) is 11.6. The molecular formula is C31H48N4O5. The molecule has 9 heteroatoms. The molecule has 3 N–H and O–H groups in total. The number of nitrogens with one attached hydrogen (secondary N) is 3. The monoisotopic (exact) mass is 556 g/mol. The molecule has 0 radical (unpaired) electrons. The van der Waals surface area contributed by atoms with Crippen LogP contribution in [0.25, 0.3) is 0 Å². The Hall–Kier alpha value is -2.71. The molecule has 222 valence electrons. The minimum Gasteiger partial charge on any atom is -0.356 e. The van der Waals surface area contributed by atoms with Crippen molar-refractivity contribution in [2.24, 2.45) is 34.5 Å². The first-order valence-electron chi connectivity index (χ1n) is 15.1. The molecule has 0 aromatic carbocycles. The van der Waals surface area contributed by atoms with Gasteiger partial charge in [-0.25, -0.2) is 0 Å². The zero-order chi connectivity index (χ0) is 29.4. The lowest BCUT2D eigenvalue weighted by Crippen LogP contribution is -2.60. The zero-order valence-corrected chi connectivity index (χ0v) is 24.9. The van der Waals surface area contributed by atoms with E-state index >= 15 is 0 Å². The SMILES string of the molecule is C=CC(=O)[C@H](C[C@@H]1CCCNC1=O)NC(=O)[C@@H]1[C@@H]2[C@H](CN1C(=O)[C@@H](NC(=O)C(C)(C)C)C1CCCCC1)C2(C)C. The lowest BCUT2D eigenvalue weighted by atomic mass is 9.82. The van der Waals surface area contributed by atoms with Crippen LogP contribution in [0, 0.1) is 34.5 Å². The third-order valence-corrected chi connectivity index (χ3v) is 9.90. The Morgan fingerprint density at radius 1 is 1.07 bits per heavy atom. The van der Waals surface area contributed by atoms with Crippen molar-refractivity contribution in [3.63, 3.8) is 0 Å². The van der Waals surface area contributed by atoms with E-state index in [0.29, 0.717) is 19.5 Å². The van der Waals surface area contributed by atoms with Gasteiger partial charge in [-0.15, -0.1) is 0 Å². The van der Waals surface area contributed by atoms with Crippen molar-refractivity contribution in [3.8, 4) is 0 Å². The molecule has 6 atom stereocenters. The highest BCUT2D eigenvalue weighted by Crippen LogP contribution is 2.65. The number of fused-ring (bicyclic) bond motifs is 1. The Kier molecular flexibility index (Phi) is 8.81. The molecule has 4 rings (SSSR count). The van der Waals surface area contributed by atoms with Crippen molar-refractivity contribution >= 4 is 29.4 Å². The Morgan fingerprint density at radius 3 is 2.35 bits per heavy atom. The summed E-state index contributed by atoms with van der Waals surface area (Å²) < 4.78 is 0. The van der Waals surface area contributed by atoms with Gasteiger partial charge in [-0.05, 0) is 61.3 Å². The largest absolute Gasteiger partial charge is 0.356 e. The molecule has 4 aliphatic rings. The van der Waals surface area contributed by atoms with E-state index in [1.54, 1.807) is 4.90 Å². The van der Waals surface area contributed by atoms with Gasteiger partial charge in [-0.2, -0.15) is 0 Å². The average Bonchev–Trinajstić information content (AvgIpc) is 3.23. The van der Waals surface area contributed by atoms with Gasteiger partial charge in [0.2, 0.25) is 23.6 Å². The number of amides is 4. The maximum atomic E-state index is 14.2. The number of piperidine rings is 2. The van der Waals surface area contributed by atoms with E-state index in [9.17, 15) is 24.0 Å². The number of likely N-dealkylation sites (tertiary alicyclic amines) is 1. The first kappa shape index (κ1) is 30.3. The number of carbonyl (C=O) groups excluding carboxylic acids is 5. The number of nitrogens with zero attached hydrogens (tertiary/aromatic N) is 1. The summed E-state index contributed by atoms with van der Waals surface area (Å²) in [5, 5.41) is 8.83. The second-order valence-corrected chi connectivity index (χ2v) is 14.0. The highest BCUT2D eigenvalue weighted by molar-refractivity contribution is 5.99. The molecule has 0 aromatic rings. The topological polar surface area (TPSA) is 125 Å². The van der Waals surface area contributed by atoms with Gasteiger partial charge in [0.25, 0.3) is 0 Å². The van der Waals surface area contributed by atoms with E-state index in [0.717, 1.165) is 38.5 Å². The maximum absolute atomic E-state index is 14.2. The molecule has 2 aliphatic heterocycles. The van der Waals surface area contributed by atoms with Crippen LogP contribution in [0.2, 0.25) is 0 Å². The fourth-order valence-corrected chi connectivity index (χ4v) is 7.19. The van der Waals surface area contributed by atoms with Crippen molar-refractivity contribution in [3.05, 3.63) is 12.7 Å². The van der Waals surface area contributed by atoms with Crippen LogP contribution in [0.4, 0.5) is 0 Å². The van der Waals surface area contributed by atoms with Crippen LogP contribution in [0.3, 0.4) is 0 Å². The van der Waals surface area contributed by atoms with Crippen molar-refractivity contribution < 1.29 is 24.0 Å². The van der Waals surface area contributed by atoms with Crippen LogP contribution in [0.1, 0.15) is 86.0 Å². The molecule has 40 heavy (non-hydrogen) atoms. The summed E-state index contributed by atoms with van der Waals surface area (Å²) in [6, 6.07) is -2.30. The second-order valence-electron chi connectivity index (χ2n) is 14.0. The van der Waals surface area contributed by atoms with Gasteiger partial charge in [0.15, 0.2) is 5.78 Å². The Balaban J connectivity index is 1.57. The summed E-state index contributed by atoms with van der Waals surface area (Å²) in [6.45, 7) is 14.4. The highest BCUT2D eigenvalue weighted by Gasteiger charge is 2.69. The van der Waals surface area contributed by atoms with Crippen LogP contribution in [0.5, 0.6) is 0 Å². The van der Waals surface area contributed by atoms with E-state index in [1.807, 2.05) is 20.8 Å². The predicted molar refractivity (Wildman–Crippen MR) is 152 cm³/mol. The summed E-state index contributed by atoms with van der Waals surface area (Å²) in [5.74, 6) is -1.38. The summed E-state index contributed by atoms with van der Waals surface area (Å²) >= 11 is 0. The van der Waals surface area contributed by atoms with E-state index in [4.69, 9.17) is 0 Å². The Morgan fingerprint density at radius 2 is 1.75 bits per heavy atom. The highest BCUT2D eigenvalue weighted by atomic mass is 16.2. The number of hydrogen-bond donors (Lipinski definition) is 3. The van der Waals surface area contributed by atoms with Crippen LogP contribution < -0.4 is 16.0 Å². The lowest BCUT2D eigenvalue weighted by Gasteiger charge is -2.38. The molecule has 0 aromatic heterocycles. The lowest BCUT2D eigenvalue weighted by molar-refractivity contribution is -0.146. The Bertz CT molecular complexity index is 1040. The van der Waals surface area contributed by atoms with Gasteiger partial charge >= 0.3 is 0 Å². The molecule has 4 amide bonds. The summed E-state index contributed by atoms with van der Waals surface area (Å²) in [5.41, 5.74) is -0.752. The van der Waals surface area contributed by atoms with Gasteiger partial charge in [-0.1, -0.05) is 60.5 Å². The fourth-order valence-electron chi connectivity index (χ4n) is 7.19. The summed E-state index contributed by atoms with van der Waals surface area (Å²) in [6.07, 6.45) is 7.75. The van der Waals surface area contributed by atoms with Crippen molar-refractivity contribution in [1.82, 2.24) is 20.9 Å². The zero-order valence-electron chi connectivity index (χ0n) is 24.9. The van der Waals surface area contributed by atoms with E-state index in [2.05, 4.69) is 36.4 Å². The van der Waals surface area contributed by atoms with Crippen LogP contribution in [0.15, 0.2) is 12.7 Å². The number of ketones is 1. The molecule has 9 nitrogen and oxygen atoms in total.